The van der Waals surface area contributed by atoms with Gasteiger partial charge in [0, 0.05) is 12.3 Å². The smallest absolute Gasteiger partial charge is 0.339 e. The van der Waals surface area contributed by atoms with Crippen LogP contribution in [0.3, 0.4) is 0 Å². The van der Waals surface area contributed by atoms with E-state index in [9.17, 15) is 4.79 Å². The Morgan fingerprint density at radius 3 is 2.70 bits per heavy atom. The molecule has 1 aromatic carbocycles. The van der Waals surface area contributed by atoms with E-state index < -0.39 is 5.97 Å². The maximum Gasteiger partial charge on any atom is 0.339 e. The van der Waals surface area contributed by atoms with Crippen molar-refractivity contribution in [1.29, 1.82) is 0 Å². The number of nitrogen functional groups attached to an aromatic ring is 1. The number of hydrogen-bond donors (Lipinski definition) is 1. The Kier molecular flexibility index (Phi) is 4.20. The highest BCUT2D eigenvalue weighted by molar-refractivity contribution is 5.89. The number of carbonyl (C=O) groups excluding carboxylic acids is 1. The Bertz CT molecular complexity index is 609. The Balaban J connectivity index is 2.12. The summed E-state index contributed by atoms with van der Waals surface area (Å²) in [4.78, 5) is 15.5. The number of esters is 1. The number of aryl methyl sites for hydroxylation is 1. The van der Waals surface area contributed by atoms with Gasteiger partial charge >= 0.3 is 5.97 Å². The second-order valence-corrected chi connectivity index (χ2v) is 4.25. The predicted octanol–water partition coefficient (Wildman–Crippen LogP) is 2.94. The Labute approximate surface area is 117 Å². The summed E-state index contributed by atoms with van der Waals surface area (Å²) in [6, 6.07) is 8.71. The molecule has 0 amide bonds. The van der Waals surface area contributed by atoms with Crippen molar-refractivity contribution >= 4 is 11.7 Å². The number of ether oxygens (including phenoxy) is 2. The molecule has 5 heteroatoms. The van der Waals surface area contributed by atoms with E-state index in [-0.39, 0.29) is 0 Å². The van der Waals surface area contributed by atoms with E-state index in [1.54, 1.807) is 25.1 Å². The molecule has 20 heavy (non-hydrogen) atoms. The van der Waals surface area contributed by atoms with Crippen molar-refractivity contribution in [3.8, 4) is 11.6 Å². The van der Waals surface area contributed by atoms with Crippen LogP contribution in [0, 0.1) is 6.92 Å². The molecule has 0 aliphatic heterocycles. The molecular weight excluding hydrogens is 256 g/mol. The van der Waals surface area contributed by atoms with Crippen molar-refractivity contribution < 1.29 is 14.3 Å². The van der Waals surface area contributed by atoms with E-state index in [1.807, 2.05) is 19.1 Å². The topological polar surface area (TPSA) is 74.4 Å². The minimum absolute atomic E-state index is 0.330. The monoisotopic (exact) mass is 272 g/mol. The molecule has 5 nitrogen and oxygen atoms in total. The second kappa shape index (κ2) is 6.06. The third-order valence-electron chi connectivity index (χ3n) is 2.63. The van der Waals surface area contributed by atoms with Gasteiger partial charge in [-0.15, -0.1) is 0 Å². The average molecular weight is 272 g/mol. The molecule has 0 saturated heterocycles. The molecule has 2 aromatic rings. The number of anilines is 1. The number of rotatable bonds is 4. The molecule has 0 spiro atoms. The minimum atomic E-state index is -0.401. The molecule has 0 bridgehead atoms. The van der Waals surface area contributed by atoms with Crippen LogP contribution in [-0.4, -0.2) is 17.6 Å². The summed E-state index contributed by atoms with van der Waals surface area (Å²) in [6.07, 6.45) is 1.41. The van der Waals surface area contributed by atoms with E-state index in [2.05, 4.69) is 4.98 Å². The van der Waals surface area contributed by atoms with Gasteiger partial charge in [0.25, 0.3) is 0 Å². The van der Waals surface area contributed by atoms with Gasteiger partial charge in [-0.1, -0.05) is 6.07 Å². The van der Waals surface area contributed by atoms with Gasteiger partial charge in [-0.25, -0.2) is 9.78 Å². The zero-order chi connectivity index (χ0) is 14.5. The van der Waals surface area contributed by atoms with Gasteiger partial charge in [0.05, 0.1) is 17.9 Å². The average Bonchev–Trinajstić information content (AvgIpc) is 2.43. The molecular formula is C15H16N2O3. The second-order valence-electron chi connectivity index (χ2n) is 4.25. The zero-order valence-corrected chi connectivity index (χ0v) is 11.4. The quantitative estimate of drug-likeness (QED) is 0.684. The third kappa shape index (κ3) is 3.26. The number of benzene rings is 1. The standard InChI is InChI=1S/C15H16N2O3/c1-3-19-15(18)11-5-7-14(17-9-11)20-13-6-4-10(2)8-12(13)16/h4-9H,3,16H2,1-2H3. The molecule has 0 radical (unpaired) electrons. The number of nitrogens with zero attached hydrogens (tertiary/aromatic N) is 1. The van der Waals surface area contributed by atoms with Gasteiger partial charge in [0.2, 0.25) is 5.88 Å². The maximum atomic E-state index is 11.5. The third-order valence-corrected chi connectivity index (χ3v) is 2.63. The van der Waals surface area contributed by atoms with Crippen molar-refractivity contribution in [2.24, 2.45) is 0 Å². The Morgan fingerprint density at radius 1 is 1.30 bits per heavy atom. The lowest BCUT2D eigenvalue weighted by atomic mass is 10.2. The highest BCUT2D eigenvalue weighted by Crippen LogP contribution is 2.26. The van der Waals surface area contributed by atoms with Crippen molar-refractivity contribution in [1.82, 2.24) is 4.98 Å². The van der Waals surface area contributed by atoms with E-state index >= 15 is 0 Å². The van der Waals surface area contributed by atoms with Crippen LogP contribution in [0.15, 0.2) is 36.5 Å². The van der Waals surface area contributed by atoms with Crippen molar-refractivity contribution in [3.63, 3.8) is 0 Å². The van der Waals surface area contributed by atoms with Crippen molar-refractivity contribution in [2.45, 2.75) is 13.8 Å². The fourth-order valence-corrected chi connectivity index (χ4v) is 1.65. The fraction of sp³-hybridized carbons (Fsp3) is 0.200. The molecule has 0 aliphatic carbocycles. The lowest BCUT2D eigenvalue weighted by molar-refractivity contribution is 0.0526. The summed E-state index contributed by atoms with van der Waals surface area (Å²) < 4.78 is 10.4. The van der Waals surface area contributed by atoms with Crippen LogP contribution in [0.2, 0.25) is 0 Å². The van der Waals surface area contributed by atoms with Crippen LogP contribution < -0.4 is 10.5 Å². The maximum absolute atomic E-state index is 11.5. The summed E-state index contributed by atoms with van der Waals surface area (Å²) in [7, 11) is 0. The normalized spacial score (nSPS) is 10.1. The minimum Gasteiger partial charge on any atom is -0.462 e. The lowest BCUT2D eigenvalue weighted by Crippen LogP contribution is -2.05. The molecule has 1 aromatic heterocycles. The molecule has 0 aliphatic rings. The number of carbonyl (C=O) groups is 1. The van der Waals surface area contributed by atoms with Crippen molar-refractivity contribution in [3.05, 3.63) is 47.7 Å². The van der Waals surface area contributed by atoms with Gasteiger partial charge in [0.1, 0.15) is 0 Å². The number of pyridine rings is 1. The van der Waals surface area contributed by atoms with E-state index in [4.69, 9.17) is 15.2 Å². The first-order chi connectivity index (χ1) is 9.60. The fourth-order valence-electron chi connectivity index (χ4n) is 1.65. The van der Waals surface area contributed by atoms with Crippen molar-refractivity contribution in [2.75, 3.05) is 12.3 Å². The number of hydrogen-bond acceptors (Lipinski definition) is 5. The molecule has 0 unspecified atom stereocenters. The molecule has 0 atom stereocenters. The van der Waals surface area contributed by atoms with E-state index in [0.29, 0.717) is 29.5 Å². The zero-order valence-electron chi connectivity index (χ0n) is 11.4. The van der Waals surface area contributed by atoms with Gasteiger partial charge in [-0.05, 0) is 37.6 Å². The summed E-state index contributed by atoms with van der Waals surface area (Å²) in [6.45, 7) is 4.03. The molecule has 0 fully saturated rings. The Morgan fingerprint density at radius 2 is 2.10 bits per heavy atom. The number of nitrogens with two attached hydrogens (primary N) is 1. The predicted molar refractivity (Wildman–Crippen MR) is 75.9 cm³/mol. The summed E-state index contributed by atoms with van der Waals surface area (Å²) in [5.74, 6) is 0.502. The first kappa shape index (κ1) is 13.9. The van der Waals surface area contributed by atoms with E-state index in [1.165, 1.54) is 6.20 Å². The molecule has 0 saturated carbocycles. The van der Waals surface area contributed by atoms with Gasteiger partial charge < -0.3 is 15.2 Å². The summed E-state index contributed by atoms with van der Waals surface area (Å²) in [5.41, 5.74) is 7.84. The highest BCUT2D eigenvalue weighted by Gasteiger charge is 2.08. The SMILES string of the molecule is CCOC(=O)c1ccc(Oc2ccc(C)cc2N)nc1. The van der Waals surface area contributed by atoms with Crippen LogP contribution >= 0.6 is 0 Å². The lowest BCUT2D eigenvalue weighted by Gasteiger charge is -2.08. The summed E-state index contributed by atoms with van der Waals surface area (Å²) >= 11 is 0. The molecule has 2 N–H and O–H groups in total. The van der Waals surface area contributed by atoms with Crippen LogP contribution in [0.5, 0.6) is 11.6 Å². The molecule has 2 rings (SSSR count). The van der Waals surface area contributed by atoms with Crippen LogP contribution in [-0.2, 0) is 4.74 Å². The van der Waals surface area contributed by atoms with E-state index in [0.717, 1.165) is 5.56 Å². The highest BCUT2D eigenvalue weighted by atomic mass is 16.5. The van der Waals surface area contributed by atoms with Crippen LogP contribution in [0.25, 0.3) is 0 Å². The first-order valence-corrected chi connectivity index (χ1v) is 6.27. The molecule has 1 heterocycles. The van der Waals surface area contributed by atoms with Gasteiger partial charge in [-0.3, -0.25) is 0 Å². The first-order valence-electron chi connectivity index (χ1n) is 6.27. The van der Waals surface area contributed by atoms with Crippen LogP contribution in [0.1, 0.15) is 22.8 Å². The number of aromatic nitrogens is 1. The molecule has 104 valence electrons. The Hall–Kier alpha value is -2.56. The van der Waals surface area contributed by atoms with Gasteiger partial charge in [-0.2, -0.15) is 0 Å². The summed E-state index contributed by atoms with van der Waals surface area (Å²) in [5, 5.41) is 0. The largest absolute Gasteiger partial charge is 0.462 e. The van der Waals surface area contributed by atoms with Crippen LogP contribution in [0.4, 0.5) is 5.69 Å². The van der Waals surface area contributed by atoms with Gasteiger partial charge in [0.15, 0.2) is 5.75 Å².